The number of carboxylic acids is 1. The molecule has 4 nitrogen and oxygen atoms in total. The molecule has 0 aliphatic heterocycles. The molecule has 0 aliphatic carbocycles. The van der Waals surface area contributed by atoms with Gasteiger partial charge in [-0.1, -0.05) is 43.1 Å². The molecule has 0 saturated carbocycles. The van der Waals surface area contributed by atoms with Gasteiger partial charge in [0, 0.05) is 6.54 Å². The van der Waals surface area contributed by atoms with Crippen molar-refractivity contribution in [1.82, 2.24) is 5.32 Å². The number of carboxylic acid groups (broad SMARTS) is 1. The van der Waals surface area contributed by atoms with Crippen molar-refractivity contribution in [3.63, 3.8) is 0 Å². The van der Waals surface area contributed by atoms with Crippen molar-refractivity contribution in [3.05, 3.63) is 33.8 Å². The van der Waals surface area contributed by atoms with E-state index >= 15 is 0 Å². The molecular formula is C15H19Cl2NO3. The first-order valence-corrected chi connectivity index (χ1v) is 7.54. The summed E-state index contributed by atoms with van der Waals surface area (Å²) in [5, 5.41) is 12.8. The van der Waals surface area contributed by atoms with Gasteiger partial charge in [0.2, 0.25) is 5.91 Å². The summed E-state index contributed by atoms with van der Waals surface area (Å²) in [5.74, 6) is -1.12. The van der Waals surface area contributed by atoms with E-state index < -0.39 is 11.4 Å². The quantitative estimate of drug-likeness (QED) is 0.802. The lowest BCUT2D eigenvalue weighted by Gasteiger charge is -2.26. The second-order valence-electron chi connectivity index (χ2n) is 4.99. The van der Waals surface area contributed by atoms with Gasteiger partial charge in [0.25, 0.3) is 0 Å². The standard InChI is InChI=1S/C15H19Cl2NO3/c1-3-15(4-2,14(20)21)9-18-13(19)8-10-5-6-11(16)12(17)7-10/h5-7H,3-4,8-9H2,1-2H3,(H,18,19)(H,20,21). The molecule has 0 spiro atoms. The van der Waals surface area contributed by atoms with E-state index in [-0.39, 0.29) is 18.9 Å². The SMILES string of the molecule is CCC(CC)(CNC(=O)Cc1ccc(Cl)c(Cl)c1)C(=O)O. The zero-order valence-electron chi connectivity index (χ0n) is 12.1. The third-order valence-electron chi connectivity index (χ3n) is 3.78. The van der Waals surface area contributed by atoms with Crippen LogP contribution in [0.5, 0.6) is 0 Å². The Morgan fingerprint density at radius 2 is 1.81 bits per heavy atom. The maximum atomic E-state index is 11.9. The number of benzene rings is 1. The Morgan fingerprint density at radius 3 is 2.29 bits per heavy atom. The molecule has 116 valence electrons. The number of carbonyl (C=O) groups is 2. The minimum Gasteiger partial charge on any atom is -0.481 e. The summed E-state index contributed by atoms with van der Waals surface area (Å²) in [4.78, 5) is 23.3. The van der Waals surface area contributed by atoms with Crippen molar-refractivity contribution < 1.29 is 14.7 Å². The largest absolute Gasteiger partial charge is 0.481 e. The number of rotatable bonds is 7. The van der Waals surface area contributed by atoms with Gasteiger partial charge < -0.3 is 10.4 Å². The highest BCUT2D eigenvalue weighted by molar-refractivity contribution is 6.42. The summed E-state index contributed by atoms with van der Waals surface area (Å²) < 4.78 is 0. The summed E-state index contributed by atoms with van der Waals surface area (Å²) in [6, 6.07) is 4.98. The Kier molecular flexibility index (Phi) is 6.49. The van der Waals surface area contributed by atoms with Gasteiger partial charge in [0.1, 0.15) is 0 Å². The first-order chi connectivity index (χ1) is 9.84. The minimum atomic E-state index is -0.909. The summed E-state index contributed by atoms with van der Waals surface area (Å²) in [5.41, 5.74) is -0.177. The monoisotopic (exact) mass is 331 g/mol. The Balaban J connectivity index is 2.65. The van der Waals surface area contributed by atoms with Crippen molar-refractivity contribution in [2.24, 2.45) is 5.41 Å². The lowest BCUT2D eigenvalue weighted by atomic mass is 9.82. The third kappa shape index (κ3) is 4.61. The highest BCUT2D eigenvalue weighted by atomic mass is 35.5. The fraction of sp³-hybridized carbons (Fsp3) is 0.467. The van der Waals surface area contributed by atoms with Crippen molar-refractivity contribution in [2.45, 2.75) is 33.1 Å². The molecule has 0 fully saturated rings. The Bertz CT molecular complexity index is 528. The number of aliphatic carboxylic acids is 1. The maximum absolute atomic E-state index is 11.9. The number of hydrogen-bond donors (Lipinski definition) is 2. The van der Waals surface area contributed by atoms with Gasteiger partial charge in [-0.2, -0.15) is 0 Å². The van der Waals surface area contributed by atoms with E-state index in [1.165, 1.54) is 0 Å². The van der Waals surface area contributed by atoms with Gasteiger partial charge in [0.05, 0.1) is 21.9 Å². The Morgan fingerprint density at radius 1 is 1.19 bits per heavy atom. The molecule has 0 unspecified atom stereocenters. The number of halogens is 2. The predicted molar refractivity (Wildman–Crippen MR) is 83.8 cm³/mol. The van der Waals surface area contributed by atoms with E-state index in [9.17, 15) is 14.7 Å². The fourth-order valence-corrected chi connectivity index (χ4v) is 2.36. The van der Waals surface area contributed by atoms with Crippen molar-refractivity contribution in [1.29, 1.82) is 0 Å². The average Bonchev–Trinajstić information content (AvgIpc) is 2.44. The minimum absolute atomic E-state index is 0.121. The van der Waals surface area contributed by atoms with Crippen LogP contribution in [0.2, 0.25) is 10.0 Å². The Labute approximate surface area is 134 Å². The lowest BCUT2D eigenvalue weighted by Crippen LogP contribution is -2.42. The van der Waals surface area contributed by atoms with Crippen LogP contribution in [-0.2, 0) is 16.0 Å². The van der Waals surface area contributed by atoms with Gasteiger partial charge in [0.15, 0.2) is 0 Å². The van der Waals surface area contributed by atoms with Crippen molar-refractivity contribution >= 4 is 35.1 Å². The molecule has 0 bridgehead atoms. The fourth-order valence-electron chi connectivity index (χ4n) is 2.04. The second-order valence-corrected chi connectivity index (χ2v) is 5.81. The zero-order chi connectivity index (χ0) is 16.0. The molecule has 1 amide bonds. The van der Waals surface area contributed by atoms with Gasteiger partial charge in [-0.3, -0.25) is 9.59 Å². The van der Waals surface area contributed by atoms with Crippen molar-refractivity contribution in [2.75, 3.05) is 6.54 Å². The van der Waals surface area contributed by atoms with Crippen LogP contribution in [0.3, 0.4) is 0 Å². The second kappa shape index (κ2) is 7.66. The summed E-state index contributed by atoms with van der Waals surface area (Å²) >= 11 is 11.7. The molecule has 0 saturated heterocycles. The molecule has 0 atom stereocenters. The molecule has 1 aromatic carbocycles. The van der Waals surface area contributed by atoms with E-state index in [1.54, 1.807) is 18.2 Å². The molecule has 1 rings (SSSR count). The number of nitrogens with one attached hydrogen (secondary N) is 1. The number of hydrogen-bond acceptors (Lipinski definition) is 2. The van der Waals surface area contributed by atoms with Gasteiger partial charge in [-0.05, 0) is 30.5 Å². The normalized spacial score (nSPS) is 11.2. The summed E-state index contributed by atoms with van der Waals surface area (Å²) in [7, 11) is 0. The van der Waals surface area contributed by atoms with Crippen LogP contribution in [0, 0.1) is 5.41 Å². The Hall–Kier alpha value is -1.26. The molecule has 0 radical (unpaired) electrons. The van der Waals surface area contributed by atoms with E-state index in [1.807, 2.05) is 13.8 Å². The summed E-state index contributed by atoms with van der Waals surface area (Å²) in [6.45, 7) is 3.74. The average molecular weight is 332 g/mol. The number of carbonyl (C=O) groups excluding carboxylic acids is 1. The van der Waals surface area contributed by atoms with Crippen LogP contribution in [-0.4, -0.2) is 23.5 Å². The van der Waals surface area contributed by atoms with Crippen LogP contribution in [0.4, 0.5) is 0 Å². The van der Waals surface area contributed by atoms with Gasteiger partial charge in [-0.25, -0.2) is 0 Å². The van der Waals surface area contributed by atoms with Crippen molar-refractivity contribution in [3.8, 4) is 0 Å². The van der Waals surface area contributed by atoms with E-state index in [0.29, 0.717) is 22.9 Å². The highest BCUT2D eigenvalue weighted by Crippen LogP contribution is 2.26. The molecular weight excluding hydrogens is 313 g/mol. The molecule has 0 aromatic heterocycles. The molecule has 2 N–H and O–H groups in total. The summed E-state index contributed by atoms with van der Waals surface area (Å²) in [6.07, 6.45) is 1.07. The zero-order valence-corrected chi connectivity index (χ0v) is 13.6. The maximum Gasteiger partial charge on any atom is 0.311 e. The van der Waals surface area contributed by atoms with Crippen LogP contribution < -0.4 is 5.32 Å². The first kappa shape index (κ1) is 17.8. The molecule has 0 heterocycles. The lowest BCUT2D eigenvalue weighted by molar-refractivity contribution is -0.149. The van der Waals surface area contributed by atoms with E-state index in [2.05, 4.69) is 5.32 Å². The van der Waals surface area contributed by atoms with Crippen LogP contribution >= 0.6 is 23.2 Å². The smallest absolute Gasteiger partial charge is 0.311 e. The highest BCUT2D eigenvalue weighted by Gasteiger charge is 2.35. The molecule has 1 aromatic rings. The molecule has 0 aliphatic rings. The van der Waals surface area contributed by atoms with Gasteiger partial charge in [-0.15, -0.1) is 0 Å². The van der Waals surface area contributed by atoms with Crippen LogP contribution in [0.15, 0.2) is 18.2 Å². The van der Waals surface area contributed by atoms with Crippen LogP contribution in [0.1, 0.15) is 32.3 Å². The topological polar surface area (TPSA) is 66.4 Å². The van der Waals surface area contributed by atoms with E-state index in [4.69, 9.17) is 23.2 Å². The first-order valence-electron chi connectivity index (χ1n) is 6.78. The predicted octanol–water partition coefficient (Wildman–Crippen LogP) is 3.54. The number of amides is 1. The van der Waals surface area contributed by atoms with Gasteiger partial charge >= 0.3 is 5.97 Å². The van der Waals surface area contributed by atoms with E-state index in [0.717, 1.165) is 5.56 Å². The third-order valence-corrected chi connectivity index (χ3v) is 4.52. The molecule has 6 heteroatoms. The van der Waals surface area contributed by atoms with Crippen LogP contribution in [0.25, 0.3) is 0 Å². The molecule has 21 heavy (non-hydrogen) atoms.